The molecule has 2 N–H and O–H groups in total. The molecular formula is C8H9NY5-2. The Morgan fingerprint density at radius 2 is 1.36 bits per heavy atom. The van der Waals surface area contributed by atoms with Crippen LogP contribution in [0.5, 0.6) is 0 Å². The summed E-state index contributed by atoms with van der Waals surface area (Å²) in [6, 6.07) is 7.73. The average molecular weight is 564 g/mol. The van der Waals surface area contributed by atoms with E-state index in [1.165, 1.54) is 0 Å². The summed E-state index contributed by atoms with van der Waals surface area (Å²) in [6.07, 6.45) is 0. The predicted octanol–water partition coefficient (Wildman–Crippen LogP) is 1.47. The molecule has 1 nitrogen and oxygen atoms in total. The van der Waals surface area contributed by atoms with E-state index in [9.17, 15) is 0 Å². The van der Waals surface area contributed by atoms with E-state index in [1.807, 2.05) is 13.8 Å². The first-order valence-electron chi connectivity index (χ1n) is 2.87. The normalized spacial score (nSPS) is 6.14. The molecule has 1 rings (SSSR count). The fourth-order valence-electron chi connectivity index (χ4n) is 0.641. The second-order valence-corrected chi connectivity index (χ2v) is 2.12. The quantitative estimate of drug-likeness (QED) is 0.376. The molecule has 0 aliphatic heterocycles. The van der Waals surface area contributed by atoms with Gasteiger partial charge in [0.05, 0.1) is 0 Å². The van der Waals surface area contributed by atoms with E-state index < -0.39 is 0 Å². The first-order valence-corrected chi connectivity index (χ1v) is 2.87. The Kier molecular flexibility index (Phi) is 39.0. The van der Waals surface area contributed by atoms with Crippen LogP contribution in [0.25, 0.3) is 0 Å². The number of hydrogen-bond acceptors (Lipinski definition) is 1. The van der Waals surface area contributed by atoms with Crippen molar-refractivity contribution >= 4 is 5.69 Å². The molecule has 0 unspecified atom stereocenters. The second kappa shape index (κ2) is 17.5. The molecule has 0 spiro atoms. The Morgan fingerprint density at radius 3 is 1.64 bits per heavy atom. The summed E-state index contributed by atoms with van der Waals surface area (Å²) in [5, 5.41) is 0. The van der Waals surface area contributed by atoms with Crippen molar-refractivity contribution in [3.05, 3.63) is 29.3 Å². The van der Waals surface area contributed by atoms with Gasteiger partial charge in [-0.2, -0.15) is 5.69 Å². The van der Waals surface area contributed by atoms with Crippen molar-refractivity contribution < 1.29 is 164 Å². The fraction of sp³-hybridized carbons (Fsp3) is 0.250. The largest absolute Gasteiger partial charge is 0.472 e. The van der Waals surface area contributed by atoms with Gasteiger partial charge in [0, 0.05) is 164 Å². The summed E-state index contributed by atoms with van der Waals surface area (Å²) in [5.41, 5.74) is 8.30. The van der Waals surface area contributed by atoms with Crippen LogP contribution in [-0.2, 0) is 164 Å². The molecule has 1 aromatic rings. The number of benzene rings is 1. The van der Waals surface area contributed by atoms with Gasteiger partial charge in [-0.1, -0.05) is 0 Å². The summed E-state index contributed by atoms with van der Waals surface area (Å²) in [4.78, 5) is 0. The first-order chi connectivity index (χ1) is 4.20. The molecule has 0 heterocycles. The summed E-state index contributed by atoms with van der Waals surface area (Å²) in [7, 11) is 0. The van der Waals surface area contributed by atoms with Gasteiger partial charge in [0.25, 0.3) is 0 Å². The third-order valence-electron chi connectivity index (χ3n) is 1.34. The van der Waals surface area contributed by atoms with E-state index in [4.69, 9.17) is 5.73 Å². The zero-order chi connectivity index (χ0) is 6.85. The van der Waals surface area contributed by atoms with Crippen molar-refractivity contribution in [3.8, 4) is 0 Å². The van der Waals surface area contributed by atoms with Gasteiger partial charge in [-0.25, -0.2) is 0 Å². The van der Waals surface area contributed by atoms with E-state index in [1.54, 1.807) is 6.07 Å². The Balaban J connectivity index is -0.0000000540. The number of rotatable bonds is 0. The maximum Gasteiger partial charge on any atom is 0 e. The van der Waals surface area contributed by atoms with Crippen LogP contribution >= 0.6 is 0 Å². The molecule has 0 aliphatic carbocycles. The van der Waals surface area contributed by atoms with Crippen molar-refractivity contribution in [1.29, 1.82) is 0 Å². The SMILES string of the molecule is Cc1[c-]cc(N)[c-]c1C.[Y].[Y].[Y].[Y].[Y]. The molecule has 0 amide bonds. The van der Waals surface area contributed by atoms with Crippen LogP contribution in [-0.4, -0.2) is 0 Å². The van der Waals surface area contributed by atoms with Crippen LogP contribution in [0.2, 0.25) is 0 Å². The number of nitrogens with two attached hydrogens (primary N) is 1. The average Bonchev–Trinajstić information content (AvgIpc) is 1.80. The van der Waals surface area contributed by atoms with Crippen LogP contribution in [0.3, 0.4) is 0 Å². The Bertz CT molecular complexity index is 229. The number of anilines is 1. The van der Waals surface area contributed by atoms with Gasteiger partial charge < -0.3 is 11.8 Å². The molecule has 0 bridgehead atoms. The van der Waals surface area contributed by atoms with Crippen LogP contribution in [0.4, 0.5) is 5.69 Å². The van der Waals surface area contributed by atoms with Gasteiger partial charge in [0.1, 0.15) is 0 Å². The van der Waals surface area contributed by atoms with E-state index in [0.717, 1.165) is 11.1 Å². The first kappa shape index (κ1) is 31.1. The van der Waals surface area contributed by atoms with Crippen LogP contribution in [0.15, 0.2) is 6.07 Å². The standard InChI is InChI=1S/C8H9N.5Y/c1-6-3-4-8(9)5-7(6)2;;;;;/h4H,9H2,1-2H3;;;;;/q-2;;;;;. The van der Waals surface area contributed by atoms with Gasteiger partial charge >= 0.3 is 0 Å². The van der Waals surface area contributed by atoms with Crippen molar-refractivity contribution in [2.24, 2.45) is 0 Å². The van der Waals surface area contributed by atoms with E-state index in [2.05, 4.69) is 12.1 Å². The van der Waals surface area contributed by atoms with Gasteiger partial charge in [-0.3, -0.25) is 23.3 Å². The third-order valence-corrected chi connectivity index (χ3v) is 1.34. The minimum absolute atomic E-state index is 0. The minimum Gasteiger partial charge on any atom is -0.472 e. The third kappa shape index (κ3) is 13.0. The second-order valence-electron chi connectivity index (χ2n) is 2.12. The molecule has 0 aliphatic rings. The molecule has 0 aromatic heterocycles. The number of aryl methyl sites for hydroxylation is 2. The summed E-state index contributed by atoms with van der Waals surface area (Å²) < 4.78 is 0. The topological polar surface area (TPSA) is 26.0 Å². The molecule has 0 saturated heterocycles. The minimum atomic E-state index is 0. The molecule has 6 heteroatoms. The number of hydrogen-bond donors (Lipinski definition) is 1. The predicted molar refractivity (Wildman–Crippen MR) is 38.0 cm³/mol. The molecule has 5 radical (unpaired) electrons. The van der Waals surface area contributed by atoms with E-state index >= 15 is 0 Å². The smallest absolute Gasteiger partial charge is 0 e. The molecule has 0 atom stereocenters. The Labute approximate surface area is 212 Å². The van der Waals surface area contributed by atoms with Crippen molar-refractivity contribution in [2.45, 2.75) is 13.8 Å². The van der Waals surface area contributed by atoms with Crippen molar-refractivity contribution in [2.75, 3.05) is 5.73 Å². The van der Waals surface area contributed by atoms with Crippen LogP contribution in [0, 0.1) is 26.0 Å². The van der Waals surface area contributed by atoms with Crippen molar-refractivity contribution in [1.82, 2.24) is 0 Å². The maximum atomic E-state index is 5.44. The van der Waals surface area contributed by atoms with Gasteiger partial charge in [-0.05, 0) is 0 Å². The summed E-state index contributed by atoms with van der Waals surface area (Å²) >= 11 is 0. The van der Waals surface area contributed by atoms with Crippen LogP contribution in [0.1, 0.15) is 11.1 Å². The summed E-state index contributed by atoms with van der Waals surface area (Å²) in [6.45, 7) is 3.97. The van der Waals surface area contributed by atoms with E-state index in [0.29, 0.717) is 5.69 Å². The fourth-order valence-corrected chi connectivity index (χ4v) is 0.641. The molecule has 0 fully saturated rings. The van der Waals surface area contributed by atoms with Crippen LogP contribution < -0.4 is 5.73 Å². The number of nitrogen functional groups attached to an aromatic ring is 1. The molecule has 63 valence electrons. The van der Waals surface area contributed by atoms with Gasteiger partial charge in [0.15, 0.2) is 0 Å². The van der Waals surface area contributed by atoms with Gasteiger partial charge in [-0.15, -0.1) is 13.8 Å². The molecule has 1 aromatic carbocycles. The van der Waals surface area contributed by atoms with E-state index in [-0.39, 0.29) is 164 Å². The zero-order valence-corrected chi connectivity index (χ0v) is 22.7. The monoisotopic (exact) mass is 564 g/mol. The maximum absolute atomic E-state index is 5.44. The summed E-state index contributed by atoms with van der Waals surface area (Å²) in [5.74, 6) is 0. The van der Waals surface area contributed by atoms with Gasteiger partial charge in [0.2, 0.25) is 0 Å². The zero-order valence-electron chi connectivity index (χ0n) is 8.54. The molecule has 0 saturated carbocycles. The molecule has 14 heavy (non-hydrogen) atoms. The Morgan fingerprint density at radius 1 is 0.929 bits per heavy atom. The van der Waals surface area contributed by atoms with Crippen molar-refractivity contribution in [3.63, 3.8) is 0 Å². The Hall–Kier alpha value is 4.54. The molecular weight excluding hydrogens is 555 g/mol.